The smallest absolute Gasteiger partial charge is 0.258 e. The van der Waals surface area contributed by atoms with Crippen molar-refractivity contribution in [1.29, 1.82) is 0 Å². The molecule has 6 rings (SSSR count). The SMILES string of the molecule is O=C1NC(=O)[C@H]2CC=C3[C@@H](C[C@@]4(Cl)C(=O)N(c5ccc(F)cc5)C(=O)[C@@]4(Cl)[C@H]3c3ccccc3O)[C@@H]12. The molecule has 2 aliphatic heterocycles. The first-order chi connectivity index (χ1) is 17.1. The maximum absolute atomic E-state index is 14.0. The molecule has 0 bridgehead atoms. The van der Waals surface area contributed by atoms with Gasteiger partial charge in [0.25, 0.3) is 11.8 Å². The van der Waals surface area contributed by atoms with Gasteiger partial charge in [0, 0.05) is 11.5 Å². The lowest BCUT2D eigenvalue weighted by Gasteiger charge is -2.50. The average Bonchev–Trinajstić information content (AvgIpc) is 3.22. The first kappa shape index (κ1) is 23.2. The molecular formula is C26H19Cl2FN2O5. The minimum Gasteiger partial charge on any atom is -0.508 e. The number of para-hydroxylation sites is 1. The summed E-state index contributed by atoms with van der Waals surface area (Å²) in [5.41, 5.74) is 0.954. The summed E-state index contributed by atoms with van der Waals surface area (Å²) in [4.78, 5) is 50.0. The molecular weight excluding hydrogens is 510 g/mol. The fourth-order valence-electron chi connectivity index (χ4n) is 6.39. The van der Waals surface area contributed by atoms with Crippen LogP contribution in [0.5, 0.6) is 5.75 Å². The molecule has 2 heterocycles. The number of nitrogens with zero attached hydrogens (tertiary/aromatic N) is 1. The molecule has 3 fully saturated rings. The van der Waals surface area contributed by atoms with Gasteiger partial charge in [0.1, 0.15) is 11.6 Å². The summed E-state index contributed by atoms with van der Waals surface area (Å²) in [6, 6.07) is 11.1. The van der Waals surface area contributed by atoms with Crippen molar-refractivity contribution in [3.63, 3.8) is 0 Å². The first-order valence-corrected chi connectivity index (χ1v) is 12.2. The second kappa shape index (κ2) is 7.63. The predicted octanol–water partition coefficient (Wildman–Crippen LogP) is 3.38. The Bertz CT molecular complexity index is 1390. The average molecular weight is 529 g/mol. The van der Waals surface area contributed by atoms with Crippen molar-refractivity contribution in [1.82, 2.24) is 5.32 Å². The molecule has 184 valence electrons. The van der Waals surface area contributed by atoms with E-state index in [-0.39, 0.29) is 29.8 Å². The number of allylic oxidation sites excluding steroid dienone is 2. The van der Waals surface area contributed by atoms with Gasteiger partial charge in [0.2, 0.25) is 11.8 Å². The monoisotopic (exact) mass is 528 g/mol. The van der Waals surface area contributed by atoms with Gasteiger partial charge in [-0.15, -0.1) is 23.2 Å². The maximum atomic E-state index is 14.0. The highest BCUT2D eigenvalue weighted by Crippen LogP contribution is 2.66. The van der Waals surface area contributed by atoms with Crippen molar-refractivity contribution in [2.75, 3.05) is 4.90 Å². The number of rotatable bonds is 2. The summed E-state index contributed by atoms with van der Waals surface area (Å²) in [5, 5.41) is 13.2. The minimum absolute atomic E-state index is 0.0977. The number of anilines is 1. The van der Waals surface area contributed by atoms with Crippen molar-refractivity contribution < 1.29 is 28.7 Å². The van der Waals surface area contributed by atoms with Crippen LogP contribution in [-0.4, -0.2) is 38.5 Å². The predicted molar refractivity (Wildman–Crippen MR) is 128 cm³/mol. The van der Waals surface area contributed by atoms with Crippen molar-refractivity contribution in [2.45, 2.75) is 28.5 Å². The Kier molecular flexibility index (Phi) is 4.92. The van der Waals surface area contributed by atoms with E-state index in [1.807, 2.05) is 0 Å². The van der Waals surface area contributed by atoms with E-state index in [0.29, 0.717) is 5.57 Å². The molecule has 2 saturated heterocycles. The van der Waals surface area contributed by atoms with E-state index in [2.05, 4.69) is 5.32 Å². The standard InChI is InChI=1S/C26H19Cl2FN2O5/c27-25-11-17-14(9-10-16-19(17)22(34)30-21(16)33)20(15-3-1-2-4-18(15)32)26(25,28)24(36)31(23(25)35)13-7-5-12(29)6-8-13/h1-9,16-17,19-20,32H,10-11H2,(H,30,33,34)/t16-,17+,19-,20+,25+,26-/m0/s1. The number of benzene rings is 2. The number of phenolic OH excluding ortho intramolecular Hbond substituents is 1. The zero-order valence-electron chi connectivity index (χ0n) is 18.6. The number of imide groups is 2. The number of phenols is 1. The number of amides is 4. The fraction of sp³-hybridized carbons (Fsp3) is 0.308. The third-order valence-electron chi connectivity index (χ3n) is 7.99. The molecule has 2 aliphatic carbocycles. The van der Waals surface area contributed by atoms with Crippen molar-refractivity contribution in [2.24, 2.45) is 17.8 Å². The second-order valence-electron chi connectivity index (χ2n) is 9.66. The zero-order valence-corrected chi connectivity index (χ0v) is 20.1. The molecule has 36 heavy (non-hydrogen) atoms. The molecule has 6 atom stereocenters. The largest absolute Gasteiger partial charge is 0.508 e. The molecule has 0 unspecified atom stereocenters. The molecule has 2 aromatic carbocycles. The number of halogens is 3. The van der Waals surface area contributed by atoms with Gasteiger partial charge in [-0.2, -0.15) is 0 Å². The molecule has 0 spiro atoms. The first-order valence-electron chi connectivity index (χ1n) is 11.4. The summed E-state index contributed by atoms with van der Waals surface area (Å²) in [6.07, 6.45) is 1.85. The van der Waals surface area contributed by atoms with E-state index >= 15 is 0 Å². The van der Waals surface area contributed by atoms with Crippen LogP contribution in [0.3, 0.4) is 0 Å². The van der Waals surface area contributed by atoms with Crippen LogP contribution in [0.15, 0.2) is 60.2 Å². The number of hydrogen-bond acceptors (Lipinski definition) is 5. The molecule has 4 amide bonds. The topological polar surface area (TPSA) is 104 Å². The lowest BCUT2D eigenvalue weighted by atomic mass is 9.56. The highest BCUT2D eigenvalue weighted by molar-refractivity contribution is 6.58. The summed E-state index contributed by atoms with van der Waals surface area (Å²) < 4.78 is 13.6. The van der Waals surface area contributed by atoms with Gasteiger partial charge in [-0.05, 0) is 49.1 Å². The number of nitrogens with one attached hydrogen (secondary N) is 1. The van der Waals surface area contributed by atoms with Gasteiger partial charge in [-0.25, -0.2) is 9.29 Å². The number of alkyl halides is 2. The van der Waals surface area contributed by atoms with Crippen LogP contribution in [0.1, 0.15) is 24.3 Å². The van der Waals surface area contributed by atoms with Crippen LogP contribution in [0.25, 0.3) is 0 Å². The van der Waals surface area contributed by atoms with Gasteiger partial charge in [-0.3, -0.25) is 24.5 Å². The van der Waals surface area contributed by atoms with Crippen molar-refractivity contribution in [3.8, 4) is 5.75 Å². The van der Waals surface area contributed by atoms with Gasteiger partial charge < -0.3 is 5.11 Å². The Morgan fingerprint density at radius 2 is 1.64 bits per heavy atom. The third kappa shape index (κ3) is 2.80. The maximum Gasteiger partial charge on any atom is 0.258 e. The Balaban J connectivity index is 1.59. The molecule has 2 aromatic rings. The second-order valence-corrected chi connectivity index (χ2v) is 10.9. The lowest BCUT2D eigenvalue weighted by Crippen LogP contribution is -2.60. The summed E-state index contributed by atoms with van der Waals surface area (Å²) in [5.74, 6) is -6.33. The Morgan fingerprint density at radius 3 is 2.33 bits per heavy atom. The Hall–Kier alpha value is -3.23. The molecule has 4 aliphatic rings. The third-order valence-corrected chi connectivity index (χ3v) is 9.40. The van der Waals surface area contributed by atoms with Gasteiger partial charge >= 0.3 is 0 Å². The number of carbonyl (C=O) groups is 4. The quantitative estimate of drug-likeness (QED) is 0.353. The number of fused-ring (bicyclic) bond motifs is 4. The van der Waals surface area contributed by atoms with Gasteiger partial charge in [0.15, 0.2) is 9.75 Å². The molecule has 7 nitrogen and oxygen atoms in total. The highest BCUT2D eigenvalue weighted by Gasteiger charge is 2.76. The summed E-state index contributed by atoms with van der Waals surface area (Å²) in [6.45, 7) is 0. The van der Waals surface area contributed by atoms with Crippen LogP contribution in [0, 0.1) is 23.6 Å². The summed E-state index contributed by atoms with van der Waals surface area (Å²) >= 11 is 14.3. The van der Waals surface area contributed by atoms with E-state index in [1.54, 1.807) is 24.3 Å². The minimum atomic E-state index is -2.06. The van der Waals surface area contributed by atoms with E-state index in [4.69, 9.17) is 23.2 Å². The molecule has 1 saturated carbocycles. The number of hydrogen-bond donors (Lipinski definition) is 2. The van der Waals surface area contributed by atoms with Crippen LogP contribution >= 0.6 is 23.2 Å². The Labute approximate surface area is 214 Å². The van der Waals surface area contributed by atoms with E-state index < -0.39 is 62.9 Å². The normalized spacial score (nSPS) is 35.2. The highest BCUT2D eigenvalue weighted by atomic mass is 35.5. The molecule has 2 N–H and O–H groups in total. The van der Waals surface area contributed by atoms with Crippen molar-refractivity contribution >= 4 is 52.5 Å². The number of carbonyl (C=O) groups excluding carboxylic acids is 4. The molecule has 10 heteroatoms. The van der Waals surface area contributed by atoms with Gasteiger partial charge in [-0.1, -0.05) is 29.8 Å². The molecule has 0 radical (unpaired) electrons. The van der Waals surface area contributed by atoms with Gasteiger partial charge in [0.05, 0.1) is 17.5 Å². The van der Waals surface area contributed by atoms with E-state index in [0.717, 1.165) is 17.0 Å². The van der Waals surface area contributed by atoms with Crippen LogP contribution < -0.4 is 10.2 Å². The Morgan fingerprint density at radius 1 is 0.944 bits per heavy atom. The zero-order chi connectivity index (χ0) is 25.6. The summed E-state index contributed by atoms with van der Waals surface area (Å²) in [7, 11) is 0. The van der Waals surface area contributed by atoms with Crippen LogP contribution in [0.4, 0.5) is 10.1 Å². The molecule has 0 aromatic heterocycles. The van der Waals surface area contributed by atoms with E-state index in [9.17, 15) is 28.7 Å². The van der Waals surface area contributed by atoms with Crippen molar-refractivity contribution in [3.05, 3.63) is 71.6 Å². The fourth-order valence-corrected chi connectivity index (χ4v) is 7.31. The van der Waals surface area contributed by atoms with Crippen LogP contribution in [0.2, 0.25) is 0 Å². The lowest BCUT2D eigenvalue weighted by molar-refractivity contribution is -0.127. The van der Waals surface area contributed by atoms with Crippen LogP contribution in [-0.2, 0) is 19.2 Å². The van der Waals surface area contributed by atoms with E-state index in [1.165, 1.54) is 18.2 Å². The number of aromatic hydroxyl groups is 1.